The summed E-state index contributed by atoms with van der Waals surface area (Å²) in [6, 6.07) is 58.8. The van der Waals surface area contributed by atoms with Crippen molar-refractivity contribution in [3.63, 3.8) is 0 Å². The van der Waals surface area contributed by atoms with Gasteiger partial charge in [0.25, 0.3) is 0 Å². The average molecular weight is 732 g/mol. The summed E-state index contributed by atoms with van der Waals surface area (Å²) in [7, 11) is 0. The van der Waals surface area contributed by atoms with E-state index in [9.17, 15) is 0 Å². The highest BCUT2D eigenvalue weighted by atomic mass is 15.1. The number of benzene rings is 8. The minimum Gasteiger partial charge on any atom is -0.310 e. The van der Waals surface area contributed by atoms with Crippen LogP contribution in [0.5, 0.6) is 0 Å². The van der Waals surface area contributed by atoms with Gasteiger partial charge in [-0.1, -0.05) is 146 Å². The first-order chi connectivity index (χ1) is 28.1. The van der Waals surface area contributed by atoms with E-state index >= 15 is 0 Å². The first-order valence-electron chi connectivity index (χ1n) is 20.4. The van der Waals surface area contributed by atoms with Crippen LogP contribution in [0.2, 0.25) is 0 Å². The van der Waals surface area contributed by atoms with Crippen molar-refractivity contribution in [2.75, 3.05) is 4.90 Å². The molecule has 57 heavy (non-hydrogen) atoms. The molecule has 0 heterocycles. The van der Waals surface area contributed by atoms with E-state index < -0.39 is 0 Å². The Hall–Kier alpha value is -6.70. The lowest BCUT2D eigenvalue weighted by Gasteiger charge is -2.29. The van der Waals surface area contributed by atoms with E-state index in [-0.39, 0.29) is 0 Å². The number of hydrogen-bond acceptors (Lipinski definition) is 1. The second kappa shape index (κ2) is 14.8. The molecule has 8 aromatic carbocycles. The molecule has 2 aliphatic carbocycles. The Bertz CT molecular complexity index is 2860. The largest absolute Gasteiger partial charge is 0.310 e. The quantitative estimate of drug-likeness (QED) is 0.148. The highest BCUT2D eigenvalue weighted by molar-refractivity contribution is 6.25. The molecule has 10 rings (SSSR count). The van der Waals surface area contributed by atoms with Crippen LogP contribution in [0.1, 0.15) is 47.1 Å². The first kappa shape index (κ1) is 34.8. The van der Waals surface area contributed by atoms with E-state index in [4.69, 9.17) is 0 Å². The van der Waals surface area contributed by atoms with Gasteiger partial charge in [-0.2, -0.15) is 0 Å². The van der Waals surface area contributed by atoms with Gasteiger partial charge >= 0.3 is 0 Å². The van der Waals surface area contributed by atoms with Gasteiger partial charge in [-0.3, -0.25) is 0 Å². The predicted molar refractivity (Wildman–Crippen MR) is 246 cm³/mol. The summed E-state index contributed by atoms with van der Waals surface area (Å²) >= 11 is 0. The van der Waals surface area contributed by atoms with Crippen LogP contribution in [0.3, 0.4) is 0 Å². The third-order valence-electron chi connectivity index (χ3n) is 11.8. The minimum atomic E-state index is 0.998. The molecule has 0 unspecified atom stereocenters. The zero-order chi connectivity index (χ0) is 38.3. The third-order valence-corrected chi connectivity index (χ3v) is 11.8. The molecular formula is C56H45N. The number of anilines is 3. The van der Waals surface area contributed by atoms with Gasteiger partial charge in [-0.05, 0) is 170 Å². The number of nitrogens with zero attached hydrogens (tertiary/aromatic N) is 1. The third kappa shape index (κ3) is 6.40. The molecule has 0 amide bonds. The van der Waals surface area contributed by atoms with Crippen LogP contribution in [-0.2, 0) is 6.42 Å². The molecule has 0 aliphatic heterocycles. The van der Waals surface area contributed by atoms with E-state index in [0.29, 0.717) is 0 Å². The van der Waals surface area contributed by atoms with Gasteiger partial charge in [0.15, 0.2) is 0 Å². The number of fused-ring (bicyclic) bond motifs is 6. The fraction of sp³-hybridized carbons (Fsp3) is 0.107. The Morgan fingerprint density at radius 2 is 1.07 bits per heavy atom. The van der Waals surface area contributed by atoms with Crippen LogP contribution in [0, 0.1) is 13.8 Å². The summed E-state index contributed by atoms with van der Waals surface area (Å²) in [6.45, 7) is 4.41. The monoisotopic (exact) mass is 731 g/mol. The van der Waals surface area contributed by atoms with Crippen LogP contribution >= 0.6 is 0 Å². The van der Waals surface area contributed by atoms with Crippen molar-refractivity contribution in [1.29, 1.82) is 0 Å². The minimum absolute atomic E-state index is 0.998. The molecule has 8 aromatic rings. The molecular weight excluding hydrogens is 687 g/mol. The Morgan fingerprint density at radius 3 is 1.74 bits per heavy atom. The molecule has 0 spiro atoms. The Morgan fingerprint density at radius 1 is 0.439 bits per heavy atom. The molecule has 0 aromatic heterocycles. The summed E-state index contributed by atoms with van der Waals surface area (Å²) in [5.74, 6) is 0. The molecule has 2 aliphatic rings. The maximum Gasteiger partial charge on any atom is 0.0468 e. The van der Waals surface area contributed by atoms with Crippen molar-refractivity contribution in [3.05, 3.63) is 210 Å². The highest BCUT2D eigenvalue weighted by Gasteiger charge is 2.25. The molecule has 1 heteroatoms. The molecule has 0 saturated carbocycles. The molecule has 0 bridgehead atoms. The standard InChI is InChI=1S/C56H45N/c1-38-33-39(2)35-47(34-38)57(45-29-27-41(28-30-45)40-17-7-3-8-18-40)46-31-32-50-53(36-46)48-25-15-16-26-49(48)55-52(43-21-11-5-12-22-43)37-51(42-19-9-4-10-20-42)54(56(50)55)44-23-13-6-14-24-44/h4-7,9-14,16-24,26-37H,3,8,15,25H2,1-2H3. The zero-order valence-corrected chi connectivity index (χ0v) is 32.7. The summed E-state index contributed by atoms with van der Waals surface area (Å²) < 4.78 is 0. The van der Waals surface area contributed by atoms with Crippen molar-refractivity contribution in [2.45, 2.75) is 39.5 Å². The molecule has 0 atom stereocenters. The second-order valence-electron chi connectivity index (χ2n) is 15.6. The van der Waals surface area contributed by atoms with Crippen molar-refractivity contribution in [1.82, 2.24) is 0 Å². The first-order valence-corrected chi connectivity index (χ1v) is 20.4. The van der Waals surface area contributed by atoms with Gasteiger partial charge in [0.1, 0.15) is 0 Å². The molecule has 1 nitrogen and oxygen atoms in total. The van der Waals surface area contributed by atoms with Gasteiger partial charge in [-0.15, -0.1) is 0 Å². The van der Waals surface area contributed by atoms with Crippen molar-refractivity contribution < 1.29 is 0 Å². The van der Waals surface area contributed by atoms with Gasteiger partial charge in [0.2, 0.25) is 0 Å². The Kier molecular flexibility index (Phi) is 9.00. The summed E-state index contributed by atoms with van der Waals surface area (Å²) in [4.78, 5) is 2.46. The zero-order valence-electron chi connectivity index (χ0n) is 32.7. The van der Waals surface area contributed by atoms with Crippen LogP contribution in [0.4, 0.5) is 17.1 Å². The predicted octanol–water partition coefficient (Wildman–Crippen LogP) is 15.8. The summed E-state index contributed by atoms with van der Waals surface area (Å²) in [5.41, 5.74) is 18.8. The highest BCUT2D eigenvalue weighted by Crippen LogP contribution is 2.50. The van der Waals surface area contributed by atoms with E-state index in [0.717, 1.165) is 37.1 Å². The van der Waals surface area contributed by atoms with E-state index in [1.54, 1.807) is 0 Å². The van der Waals surface area contributed by atoms with Gasteiger partial charge in [0, 0.05) is 17.1 Å². The molecule has 0 radical (unpaired) electrons. The maximum absolute atomic E-state index is 2.48. The van der Waals surface area contributed by atoms with Crippen molar-refractivity contribution in [2.24, 2.45) is 0 Å². The van der Waals surface area contributed by atoms with E-state index in [1.807, 2.05) is 0 Å². The van der Waals surface area contributed by atoms with E-state index in [1.165, 1.54) is 94.0 Å². The van der Waals surface area contributed by atoms with Gasteiger partial charge in [-0.25, -0.2) is 0 Å². The fourth-order valence-corrected chi connectivity index (χ4v) is 9.30. The maximum atomic E-state index is 2.48. The topological polar surface area (TPSA) is 3.24 Å². The van der Waals surface area contributed by atoms with Crippen LogP contribution in [-0.4, -0.2) is 0 Å². The Balaban J connectivity index is 1.29. The molecule has 0 saturated heterocycles. The number of rotatable bonds is 7. The van der Waals surface area contributed by atoms with E-state index in [2.05, 4.69) is 207 Å². The molecule has 0 N–H and O–H groups in total. The Labute approximate surface area is 336 Å². The lowest BCUT2D eigenvalue weighted by atomic mass is 9.78. The average Bonchev–Trinajstić information content (AvgIpc) is 3.27. The van der Waals surface area contributed by atoms with Crippen LogP contribution in [0.15, 0.2) is 182 Å². The number of allylic oxidation sites excluding steroid dienone is 5. The normalized spacial score (nSPS) is 13.5. The molecule has 274 valence electrons. The number of aryl methyl sites for hydroxylation is 3. The lowest BCUT2D eigenvalue weighted by Crippen LogP contribution is -2.11. The van der Waals surface area contributed by atoms with Crippen LogP contribution in [0.25, 0.3) is 66.6 Å². The van der Waals surface area contributed by atoms with Gasteiger partial charge in [0.05, 0.1) is 0 Å². The summed E-state index contributed by atoms with van der Waals surface area (Å²) in [5, 5.41) is 5.26. The van der Waals surface area contributed by atoms with Crippen LogP contribution < -0.4 is 4.90 Å². The lowest BCUT2D eigenvalue weighted by molar-refractivity contribution is 1.00. The second-order valence-corrected chi connectivity index (χ2v) is 15.6. The fourth-order valence-electron chi connectivity index (χ4n) is 9.30. The number of hydrogen-bond donors (Lipinski definition) is 0. The summed E-state index contributed by atoms with van der Waals surface area (Å²) in [6.07, 6.45) is 15.9. The van der Waals surface area contributed by atoms with Crippen molar-refractivity contribution >= 4 is 50.3 Å². The van der Waals surface area contributed by atoms with Crippen molar-refractivity contribution in [3.8, 4) is 33.4 Å². The SMILES string of the molecule is Cc1cc(C)cc(N(c2ccc(C3=CCCC=C3)cc2)c2ccc3c(c2)c2c(c4c(-c5ccccc5)cc(-c5ccccc5)c(-c5ccccc5)c43)C=CCC2)c1. The van der Waals surface area contributed by atoms with Gasteiger partial charge < -0.3 is 4.90 Å². The molecule has 0 fully saturated rings. The smallest absolute Gasteiger partial charge is 0.0468 e.